The summed E-state index contributed by atoms with van der Waals surface area (Å²) in [6.45, 7) is 1.92. The number of nitrogens with one attached hydrogen (secondary N) is 3. The number of fused-ring (bicyclic) bond motifs is 1. The maximum absolute atomic E-state index is 13.8. The van der Waals surface area contributed by atoms with Crippen molar-refractivity contribution < 1.29 is 27.2 Å². The van der Waals surface area contributed by atoms with E-state index in [0.717, 1.165) is 50.0 Å². The molecule has 2 aromatic carbocycles. The van der Waals surface area contributed by atoms with Crippen molar-refractivity contribution in [2.75, 3.05) is 51.5 Å². The van der Waals surface area contributed by atoms with Gasteiger partial charge in [-0.3, -0.25) is 9.82 Å². The average molecular weight is 583 g/mol. The maximum Gasteiger partial charge on any atom is 0.270 e. The molecule has 4 aromatic rings. The van der Waals surface area contributed by atoms with Gasteiger partial charge < -0.3 is 29.0 Å². The molecule has 13 heteroatoms. The Kier molecular flexibility index (Phi) is 7.16. The molecule has 1 aliphatic carbocycles. The van der Waals surface area contributed by atoms with Gasteiger partial charge in [-0.2, -0.15) is 5.10 Å². The Morgan fingerprint density at radius 2 is 1.71 bits per heavy atom. The van der Waals surface area contributed by atoms with Crippen molar-refractivity contribution in [2.24, 2.45) is 0 Å². The van der Waals surface area contributed by atoms with E-state index < -0.39 is 10.0 Å². The first-order chi connectivity index (χ1) is 19.8. The van der Waals surface area contributed by atoms with Gasteiger partial charge in [0, 0.05) is 24.6 Å². The van der Waals surface area contributed by atoms with E-state index in [2.05, 4.69) is 37.3 Å². The largest absolute Gasteiger partial charge is 0.495 e. The predicted molar refractivity (Wildman–Crippen MR) is 154 cm³/mol. The van der Waals surface area contributed by atoms with Crippen LogP contribution in [-0.2, 0) is 10.0 Å². The van der Waals surface area contributed by atoms with Crippen LogP contribution in [0.5, 0.6) is 17.2 Å². The van der Waals surface area contributed by atoms with Crippen molar-refractivity contribution >= 4 is 38.3 Å². The number of aromatic amines is 1. The lowest BCUT2D eigenvalue weighted by Gasteiger charge is -2.30. The van der Waals surface area contributed by atoms with Gasteiger partial charge in [0.15, 0.2) is 16.3 Å². The van der Waals surface area contributed by atoms with E-state index in [1.807, 2.05) is 6.07 Å². The summed E-state index contributed by atoms with van der Waals surface area (Å²) >= 11 is 0. The Labute approximate surface area is 238 Å². The molecular formula is C28H34N6O6S. The smallest absolute Gasteiger partial charge is 0.270 e. The van der Waals surface area contributed by atoms with Crippen molar-refractivity contribution in [2.45, 2.75) is 42.4 Å². The van der Waals surface area contributed by atoms with E-state index in [0.29, 0.717) is 34.1 Å². The van der Waals surface area contributed by atoms with Gasteiger partial charge in [0.25, 0.3) is 10.0 Å². The second kappa shape index (κ2) is 10.8. The van der Waals surface area contributed by atoms with Gasteiger partial charge in [0.05, 0.1) is 38.1 Å². The Hall–Kier alpha value is -3.97. The van der Waals surface area contributed by atoms with Crippen LogP contribution in [0, 0.1) is 0 Å². The van der Waals surface area contributed by atoms with Crippen LogP contribution in [0.3, 0.4) is 0 Å². The van der Waals surface area contributed by atoms with E-state index in [1.165, 1.54) is 21.3 Å². The zero-order valence-corrected chi connectivity index (χ0v) is 24.3. The van der Waals surface area contributed by atoms with Gasteiger partial charge in [-0.1, -0.05) is 5.16 Å². The highest BCUT2D eigenvalue weighted by Gasteiger charge is 2.30. The lowest BCUT2D eigenvalue weighted by molar-refractivity contribution is 0.250. The monoisotopic (exact) mass is 582 g/mol. The third-order valence-electron chi connectivity index (χ3n) is 7.73. The lowest BCUT2D eigenvalue weighted by atomic mass is 9.90. The fraction of sp³-hybridized carbons (Fsp3) is 0.429. The van der Waals surface area contributed by atoms with Gasteiger partial charge in [0.1, 0.15) is 23.1 Å². The molecular weight excluding hydrogens is 548 g/mol. The molecule has 1 aliphatic heterocycles. The first-order valence-electron chi connectivity index (χ1n) is 13.6. The molecule has 1 saturated heterocycles. The van der Waals surface area contributed by atoms with Crippen LogP contribution in [0.25, 0.3) is 11.0 Å². The van der Waals surface area contributed by atoms with Crippen LogP contribution in [0.15, 0.2) is 39.8 Å². The zero-order valence-electron chi connectivity index (χ0n) is 23.5. The molecule has 1 unspecified atom stereocenters. The second-order valence-corrected chi connectivity index (χ2v) is 12.3. The van der Waals surface area contributed by atoms with Crippen molar-refractivity contribution in [1.29, 1.82) is 0 Å². The van der Waals surface area contributed by atoms with Crippen LogP contribution in [0.4, 0.5) is 17.3 Å². The SMILES string of the molecule is COc1cc2c(NS(=O)(=O)c3c(OC)cc(C4CCCN(C)C4)cc3OC)noc2cc1Nc1cc(C2CC2)n[nH]1. The number of aromatic nitrogens is 3. The molecule has 2 aromatic heterocycles. The van der Waals surface area contributed by atoms with Gasteiger partial charge in [-0.05, 0) is 69.0 Å². The third kappa shape index (κ3) is 5.38. The molecule has 1 saturated carbocycles. The molecule has 3 N–H and O–H groups in total. The number of methoxy groups -OCH3 is 3. The van der Waals surface area contributed by atoms with Crippen molar-refractivity contribution in [3.63, 3.8) is 0 Å². The highest BCUT2D eigenvalue weighted by molar-refractivity contribution is 7.93. The van der Waals surface area contributed by atoms with Crippen molar-refractivity contribution in [3.05, 3.63) is 41.6 Å². The first kappa shape index (κ1) is 27.2. The molecule has 2 aliphatic rings. The highest BCUT2D eigenvalue weighted by Crippen LogP contribution is 2.42. The van der Waals surface area contributed by atoms with E-state index in [-0.39, 0.29) is 28.1 Å². The number of benzene rings is 2. The minimum atomic E-state index is -4.20. The lowest BCUT2D eigenvalue weighted by Crippen LogP contribution is -2.30. The van der Waals surface area contributed by atoms with Gasteiger partial charge >= 0.3 is 0 Å². The van der Waals surface area contributed by atoms with Crippen LogP contribution < -0.4 is 24.2 Å². The molecule has 218 valence electrons. The van der Waals surface area contributed by atoms with Crippen LogP contribution in [0.1, 0.15) is 48.8 Å². The number of rotatable bonds is 10. The minimum absolute atomic E-state index is 0.0181. The molecule has 0 radical (unpaired) electrons. The molecule has 0 amide bonds. The summed E-state index contributed by atoms with van der Waals surface area (Å²) in [5.74, 6) is 2.36. The predicted octanol–water partition coefficient (Wildman–Crippen LogP) is 4.81. The van der Waals surface area contributed by atoms with E-state index in [4.69, 9.17) is 18.7 Å². The van der Waals surface area contributed by atoms with Gasteiger partial charge in [-0.15, -0.1) is 0 Å². The van der Waals surface area contributed by atoms with E-state index >= 15 is 0 Å². The Balaban J connectivity index is 1.31. The number of piperidine rings is 1. The molecule has 2 fully saturated rings. The fourth-order valence-corrected chi connectivity index (χ4v) is 6.77. The summed E-state index contributed by atoms with van der Waals surface area (Å²) in [5.41, 5.74) is 2.98. The Morgan fingerprint density at radius 3 is 2.37 bits per heavy atom. The number of hydrogen-bond acceptors (Lipinski definition) is 10. The number of hydrogen-bond donors (Lipinski definition) is 3. The van der Waals surface area contributed by atoms with Crippen LogP contribution in [-0.4, -0.2) is 70.1 Å². The number of ether oxygens (including phenoxy) is 3. The maximum atomic E-state index is 13.8. The summed E-state index contributed by atoms with van der Waals surface area (Å²) in [6, 6.07) is 8.91. The van der Waals surface area contributed by atoms with Gasteiger partial charge in [-0.25, -0.2) is 8.42 Å². The highest BCUT2D eigenvalue weighted by atomic mass is 32.2. The van der Waals surface area contributed by atoms with E-state index in [1.54, 1.807) is 24.3 Å². The number of likely N-dealkylation sites (N-methyl/N-ethyl adjacent to an activating group) is 1. The van der Waals surface area contributed by atoms with Crippen molar-refractivity contribution in [3.8, 4) is 17.2 Å². The molecule has 3 heterocycles. The first-order valence-corrected chi connectivity index (χ1v) is 15.0. The molecule has 1 atom stereocenters. The summed E-state index contributed by atoms with van der Waals surface area (Å²) in [4.78, 5) is 2.16. The Bertz CT molecular complexity index is 1650. The molecule has 12 nitrogen and oxygen atoms in total. The molecule has 0 spiro atoms. The minimum Gasteiger partial charge on any atom is -0.495 e. The standard InChI is InChI=1S/C28H34N6O6S/c1-34-9-5-6-17(15-34)18-10-24(38-3)27(25(11-18)39-4)41(35,36)33-28-19-12-23(37-2)21(13-22(19)40-32-28)29-26-14-20(30-31-26)16-7-8-16/h10-14,16-17H,5-9,15H2,1-4H3,(H,32,33)(H2,29,30,31). The number of anilines is 3. The second-order valence-electron chi connectivity index (χ2n) is 10.6. The van der Waals surface area contributed by atoms with Crippen molar-refractivity contribution in [1.82, 2.24) is 20.3 Å². The summed E-state index contributed by atoms with van der Waals surface area (Å²) in [6.07, 6.45) is 4.37. The number of likely N-dealkylation sites (tertiary alicyclic amines) is 1. The topological polar surface area (TPSA) is 144 Å². The van der Waals surface area contributed by atoms with Gasteiger partial charge in [0.2, 0.25) is 0 Å². The van der Waals surface area contributed by atoms with E-state index in [9.17, 15) is 8.42 Å². The third-order valence-corrected chi connectivity index (χ3v) is 9.14. The average Bonchev–Trinajstić information content (AvgIpc) is 3.61. The fourth-order valence-electron chi connectivity index (χ4n) is 5.46. The molecule has 0 bridgehead atoms. The molecule has 6 rings (SSSR count). The zero-order chi connectivity index (χ0) is 28.7. The summed E-state index contributed by atoms with van der Waals surface area (Å²) < 4.78 is 52.3. The molecule has 41 heavy (non-hydrogen) atoms. The summed E-state index contributed by atoms with van der Waals surface area (Å²) in [5, 5.41) is 15.1. The normalized spacial score (nSPS) is 17.9. The Morgan fingerprint density at radius 1 is 0.976 bits per heavy atom. The quantitative estimate of drug-likeness (QED) is 0.238. The number of sulfonamides is 1. The number of H-pyrrole nitrogens is 1. The van der Waals surface area contributed by atoms with Crippen LogP contribution >= 0.6 is 0 Å². The summed E-state index contributed by atoms with van der Waals surface area (Å²) in [7, 11) is 2.32. The number of nitrogens with zero attached hydrogens (tertiary/aromatic N) is 3. The van der Waals surface area contributed by atoms with Crippen LogP contribution in [0.2, 0.25) is 0 Å².